The van der Waals surface area contributed by atoms with Gasteiger partial charge in [-0.2, -0.15) is 9.78 Å². The Morgan fingerprint density at radius 3 is 2.26 bits per heavy atom. The highest BCUT2D eigenvalue weighted by Gasteiger charge is 2.25. The fourth-order valence-electron chi connectivity index (χ4n) is 3.54. The van der Waals surface area contributed by atoms with E-state index < -0.39 is 22.1 Å². The molecule has 0 unspecified atom stereocenters. The van der Waals surface area contributed by atoms with Crippen LogP contribution in [0.15, 0.2) is 53.5 Å². The molecule has 0 radical (unpaired) electrons. The van der Waals surface area contributed by atoms with Crippen molar-refractivity contribution in [2.75, 3.05) is 36.0 Å². The van der Waals surface area contributed by atoms with Crippen molar-refractivity contribution in [2.45, 2.75) is 0 Å². The Morgan fingerprint density at radius 1 is 0.968 bits per heavy atom. The normalized spacial score (nSPS) is 14.0. The summed E-state index contributed by atoms with van der Waals surface area (Å²) in [4.78, 5) is 27.3. The summed E-state index contributed by atoms with van der Waals surface area (Å²) in [7, 11) is 0. The van der Waals surface area contributed by atoms with Crippen LogP contribution in [0.5, 0.6) is 0 Å². The molecule has 2 heterocycles. The quantitative estimate of drug-likeness (QED) is 0.450. The second kappa shape index (κ2) is 8.31. The molecule has 1 fully saturated rings. The molecule has 0 bridgehead atoms. The average molecular weight is 448 g/mol. The third kappa shape index (κ3) is 3.93. The van der Waals surface area contributed by atoms with Gasteiger partial charge >= 0.3 is 0 Å². The number of para-hydroxylation sites is 2. The van der Waals surface area contributed by atoms with E-state index >= 15 is 0 Å². The number of anilines is 2. The number of piperazine rings is 1. The maximum atomic E-state index is 14.1. The number of nitro groups is 1. The summed E-state index contributed by atoms with van der Waals surface area (Å²) in [5, 5.41) is 15.1. The maximum Gasteiger partial charge on any atom is 0.292 e. The molecule has 0 aliphatic carbocycles. The molecule has 0 N–H and O–H groups in total. The molecular weight excluding hydrogens is 432 g/mol. The van der Waals surface area contributed by atoms with Gasteiger partial charge in [0.2, 0.25) is 0 Å². The van der Waals surface area contributed by atoms with Crippen molar-refractivity contribution in [3.05, 3.63) is 85.8 Å². The third-order valence-electron chi connectivity index (χ3n) is 5.08. The van der Waals surface area contributed by atoms with Gasteiger partial charge in [-0.05, 0) is 18.2 Å². The van der Waals surface area contributed by atoms with Crippen molar-refractivity contribution in [1.29, 1.82) is 0 Å². The van der Waals surface area contributed by atoms with E-state index in [9.17, 15) is 23.7 Å². The Kier molecular flexibility index (Phi) is 5.55. The molecule has 1 aliphatic rings. The first-order chi connectivity index (χ1) is 14.9. The Labute approximate surface area is 180 Å². The van der Waals surface area contributed by atoms with Gasteiger partial charge in [0.15, 0.2) is 5.82 Å². The monoisotopic (exact) mass is 447 g/mol. The third-order valence-corrected chi connectivity index (χ3v) is 5.43. The van der Waals surface area contributed by atoms with Crippen molar-refractivity contribution < 1.29 is 13.7 Å². The van der Waals surface area contributed by atoms with E-state index in [1.807, 2.05) is 9.80 Å². The van der Waals surface area contributed by atoms with Crippen LogP contribution in [-0.4, -0.2) is 40.9 Å². The summed E-state index contributed by atoms with van der Waals surface area (Å²) in [6.45, 7) is 1.83. The standard InChI is InChI=1S/C20H16ClF2N5O3/c21-19-18(12-24-27(20(19)29)15-6-5-13(22)11-14(15)23)26-9-7-25(8-10-26)16-3-1-2-4-17(16)28(30)31/h1-6,11-12H,7-10H2. The zero-order chi connectivity index (χ0) is 22.1. The summed E-state index contributed by atoms with van der Waals surface area (Å²) in [5.74, 6) is -1.70. The zero-order valence-corrected chi connectivity index (χ0v) is 16.8. The lowest BCUT2D eigenvalue weighted by Gasteiger charge is -2.37. The smallest absolute Gasteiger partial charge is 0.292 e. The fourth-order valence-corrected chi connectivity index (χ4v) is 3.79. The van der Waals surface area contributed by atoms with Crippen molar-refractivity contribution in [3.63, 3.8) is 0 Å². The van der Waals surface area contributed by atoms with Crippen LogP contribution in [0.1, 0.15) is 0 Å². The first-order valence-electron chi connectivity index (χ1n) is 9.33. The molecule has 160 valence electrons. The number of benzene rings is 2. The molecule has 4 rings (SSSR count). The van der Waals surface area contributed by atoms with Crippen molar-refractivity contribution in [2.24, 2.45) is 0 Å². The van der Waals surface area contributed by atoms with Crippen molar-refractivity contribution in [3.8, 4) is 5.69 Å². The first kappa shape index (κ1) is 20.7. The molecule has 1 aromatic heterocycles. The van der Waals surface area contributed by atoms with Crippen LogP contribution in [0.2, 0.25) is 5.02 Å². The summed E-state index contributed by atoms with van der Waals surface area (Å²) in [6, 6.07) is 9.30. The molecule has 11 heteroatoms. The van der Waals surface area contributed by atoms with Gasteiger partial charge in [0.25, 0.3) is 11.2 Å². The van der Waals surface area contributed by atoms with Crippen molar-refractivity contribution >= 4 is 28.7 Å². The molecule has 0 saturated carbocycles. The van der Waals surface area contributed by atoms with Gasteiger partial charge in [0.1, 0.15) is 22.2 Å². The van der Waals surface area contributed by atoms with E-state index in [-0.39, 0.29) is 16.4 Å². The van der Waals surface area contributed by atoms with Crippen LogP contribution >= 0.6 is 11.6 Å². The molecule has 0 amide bonds. The second-order valence-corrected chi connectivity index (χ2v) is 7.25. The molecule has 31 heavy (non-hydrogen) atoms. The Bertz CT molecular complexity index is 1210. The van der Waals surface area contributed by atoms with Crippen LogP contribution in [0.25, 0.3) is 5.69 Å². The van der Waals surface area contributed by atoms with Gasteiger partial charge in [-0.15, -0.1) is 0 Å². The maximum absolute atomic E-state index is 14.1. The number of hydrogen-bond donors (Lipinski definition) is 0. The van der Waals surface area contributed by atoms with E-state index in [4.69, 9.17) is 11.6 Å². The SMILES string of the molecule is O=c1c(Cl)c(N2CCN(c3ccccc3[N+](=O)[O-])CC2)cnn1-c1ccc(F)cc1F. The minimum absolute atomic E-state index is 0.0274. The van der Waals surface area contributed by atoms with Gasteiger partial charge in [-0.3, -0.25) is 14.9 Å². The number of nitro benzene ring substituents is 1. The van der Waals surface area contributed by atoms with Gasteiger partial charge in [-0.1, -0.05) is 23.7 Å². The number of hydrogen-bond acceptors (Lipinski definition) is 6. The van der Waals surface area contributed by atoms with E-state index in [1.165, 1.54) is 12.3 Å². The Morgan fingerprint density at radius 2 is 1.61 bits per heavy atom. The summed E-state index contributed by atoms with van der Waals surface area (Å²) >= 11 is 6.27. The molecule has 1 aliphatic heterocycles. The molecular formula is C20H16ClF2N5O3. The topological polar surface area (TPSA) is 84.5 Å². The van der Waals surface area contributed by atoms with Gasteiger partial charge in [0, 0.05) is 38.3 Å². The highest BCUT2D eigenvalue weighted by atomic mass is 35.5. The summed E-state index contributed by atoms with van der Waals surface area (Å²) < 4.78 is 28.0. The largest absolute Gasteiger partial charge is 0.365 e. The molecule has 1 saturated heterocycles. The van der Waals surface area contributed by atoms with Crippen LogP contribution in [0.4, 0.5) is 25.8 Å². The van der Waals surface area contributed by atoms with Crippen LogP contribution in [0.3, 0.4) is 0 Å². The van der Waals surface area contributed by atoms with E-state index in [1.54, 1.807) is 18.2 Å². The predicted octanol–water partition coefficient (Wildman–Crippen LogP) is 3.40. The lowest BCUT2D eigenvalue weighted by Crippen LogP contribution is -2.47. The highest BCUT2D eigenvalue weighted by Crippen LogP contribution is 2.30. The van der Waals surface area contributed by atoms with E-state index in [0.717, 1.165) is 16.8 Å². The Balaban J connectivity index is 1.56. The molecule has 3 aromatic rings. The van der Waals surface area contributed by atoms with Crippen molar-refractivity contribution in [1.82, 2.24) is 9.78 Å². The minimum Gasteiger partial charge on any atom is -0.365 e. The predicted molar refractivity (Wildman–Crippen MR) is 112 cm³/mol. The first-order valence-corrected chi connectivity index (χ1v) is 9.71. The highest BCUT2D eigenvalue weighted by molar-refractivity contribution is 6.33. The van der Waals surface area contributed by atoms with Gasteiger partial charge in [-0.25, -0.2) is 8.78 Å². The van der Waals surface area contributed by atoms with Crippen LogP contribution in [-0.2, 0) is 0 Å². The molecule has 0 atom stereocenters. The summed E-state index contributed by atoms with van der Waals surface area (Å²) in [5.41, 5.74) is -0.00217. The minimum atomic E-state index is -0.934. The molecule has 2 aromatic carbocycles. The van der Waals surface area contributed by atoms with E-state index in [0.29, 0.717) is 43.6 Å². The lowest BCUT2D eigenvalue weighted by molar-refractivity contribution is -0.384. The molecule has 0 spiro atoms. The average Bonchev–Trinajstić information content (AvgIpc) is 2.76. The molecule has 8 nitrogen and oxygen atoms in total. The fraction of sp³-hybridized carbons (Fsp3) is 0.200. The number of nitrogens with zero attached hydrogens (tertiary/aromatic N) is 5. The van der Waals surface area contributed by atoms with Crippen LogP contribution < -0.4 is 15.4 Å². The lowest BCUT2D eigenvalue weighted by atomic mass is 10.2. The van der Waals surface area contributed by atoms with Gasteiger partial charge in [0.05, 0.1) is 16.8 Å². The van der Waals surface area contributed by atoms with Crippen LogP contribution in [0, 0.1) is 21.7 Å². The Hall–Kier alpha value is -3.53. The van der Waals surface area contributed by atoms with E-state index in [2.05, 4.69) is 5.10 Å². The summed E-state index contributed by atoms with van der Waals surface area (Å²) in [6.07, 6.45) is 1.35. The number of halogens is 3. The second-order valence-electron chi connectivity index (χ2n) is 6.88. The zero-order valence-electron chi connectivity index (χ0n) is 16.0. The number of rotatable bonds is 4. The number of aromatic nitrogens is 2. The van der Waals surface area contributed by atoms with Gasteiger partial charge < -0.3 is 9.80 Å².